The highest BCUT2D eigenvalue weighted by Crippen LogP contribution is 2.32. The molecule has 0 aromatic rings. The van der Waals surface area contributed by atoms with Crippen LogP contribution in [-0.2, 0) is 9.84 Å². The summed E-state index contributed by atoms with van der Waals surface area (Å²) >= 11 is 0. The Labute approximate surface area is 79.8 Å². The van der Waals surface area contributed by atoms with Gasteiger partial charge in [-0.25, -0.2) is 8.42 Å². The zero-order valence-electron chi connectivity index (χ0n) is 7.83. The fourth-order valence-corrected chi connectivity index (χ4v) is 4.12. The van der Waals surface area contributed by atoms with Crippen molar-refractivity contribution in [1.82, 2.24) is 5.32 Å². The maximum atomic E-state index is 11.9. The summed E-state index contributed by atoms with van der Waals surface area (Å²) in [4.78, 5) is 0. The third-order valence-corrected chi connectivity index (χ3v) is 5.69. The molecule has 3 nitrogen and oxygen atoms in total. The highest BCUT2D eigenvalue weighted by atomic mass is 32.2. The van der Waals surface area contributed by atoms with Gasteiger partial charge in [0.05, 0.1) is 10.5 Å². The predicted octanol–water partition coefficient (Wildman–Crippen LogP) is 0.706. The quantitative estimate of drug-likeness (QED) is 0.719. The second-order valence-electron chi connectivity index (χ2n) is 4.11. The SMILES string of the molecule is O=S(=O)(C1CC1)C1CCCCNC1. The van der Waals surface area contributed by atoms with Crippen LogP contribution in [0, 0.1) is 0 Å². The van der Waals surface area contributed by atoms with E-state index < -0.39 is 9.84 Å². The maximum Gasteiger partial charge on any atom is 0.157 e. The second-order valence-corrected chi connectivity index (χ2v) is 6.62. The number of rotatable bonds is 2. The van der Waals surface area contributed by atoms with Crippen LogP contribution in [-0.4, -0.2) is 32.0 Å². The molecular weight excluding hydrogens is 186 g/mol. The second kappa shape index (κ2) is 3.58. The summed E-state index contributed by atoms with van der Waals surface area (Å²) in [6, 6.07) is 0. The Bertz CT molecular complexity index is 261. The van der Waals surface area contributed by atoms with Crippen LogP contribution in [0.15, 0.2) is 0 Å². The number of hydrogen-bond donors (Lipinski definition) is 1. The normalized spacial score (nSPS) is 31.2. The average molecular weight is 203 g/mol. The lowest BCUT2D eigenvalue weighted by atomic mass is 10.2. The fourth-order valence-electron chi connectivity index (χ4n) is 1.94. The van der Waals surface area contributed by atoms with Gasteiger partial charge in [-0.15, -0.1) is 0 Å². The van der Waals surface area contributed by atoms with Gasteiger partial charge in [0.25, 0.3) is 0 Å². The lowest BCUT2D eigenvalue weighted by molar-refractivity contribution is 0.566. The molecule has 2 rings (SSSR count). The van der Waals surface area contributed by atoms with Crippen molar-refractivity contribution in [1.29, 1.82) is 0 Å². The lowest BCUT2D eigenvalue weighted by Gasteiger charge is -2.14. The molecule has 0 spiro atoms. The van der Waals surface area contributed by atoms with Gasteiger partial charge in [0.1, 0.15) is 0 Å². The molecule has 0 radical (unpaired) electrons. The molecular formula is C9H17NO2S. The van der Waals surface area contributed by atoms with E-state index in [0.717, 1.165) is 38.6 Å². The van der Waals surface area contributed by atoms with Gasteiger partial charge < -0.3 is 5.32 Å². The third kappa shape index (κ3) is 2.05. The topological polar surface area (TPSA) is 46.2 Å². The van der Waals surface area contributed by atoms with E-state index in [-0.39, 0.29) is 10.5 Å². The van der Waals surface area contributed by atoms with Crippen LogP contribution in [0.5, 0.6) is 0 Å². The largest absolute Gasteiger partial charge is 0.315 e. The molecule has 1 saturated carbocycles. The molecule has 1 aliphatic heterocycles. The Hall–Kier alpha value is -0.0900. The van der Waals surface area contributed by atoms with Crippen LogP contribution in [0.25, 0.3) is 0 Å². The van der Waals surface area contributed by atoms with Crippen molar-refractivity contribution >= 4 is 9.84 Å². The average Bonchev–Trinajstić information content (AvgIpc) is 2.93. The van der Waals surface area contributed by atoms with Crippen molar-refractivity contribution in [2.45, 2.75) is 42.6 Å². The highest BCUT2D eigenvalue weighted by molar-refractivity contribution is 7.92. The van der Waals surface area contributed by atoms with Gasteiger partial charge in [0.15, 0.2) is 9.84 Å². The predicted molar refractivity (Wildman–Crippen MR) is 52.5 cm³/mol. The summed E-state index contributed by atoms with van der Waals surface area (Å²) in [7, 11) is -2.77. The minimum absolute atomic E-state index is 0.0115. The summed E-state index contributed by atoms with van der Waals surface area (Å²) in [5.74, 6) is 0. The van der Waals surface area contributed by atoms with E-state index in [9.17, 15) is 8.42 Å². The first-order chi connectivity index (χ1) is 6.21. The van der Waals surface area contributed by atoms with E-state index in [4.69, 9.17) is 0 Å². The van der Waals surface area contributed by atoms with E-state index >= 15 is 0 Å². The summed E-state index contributed by atoms with van der Waals surface area (Å²) in [6.45, 7) is 1.66. The monoisotopic (exact) mass is 203 g/mol. The van der Waals surface area contributed by atoms with Crippen LogP contribution in [0.2, 0.25) is 0 Å². The molecule has 1 N–H and O–H groups in total. The van der Waals surface area contributed by atoms with Crippen LogP contribution in [0.4, 0.5) is 0 Å². The molecule has 1 atom stereocenters. The molecule has 1 heterocycles. The molecule has 2 aliphatic rings. The van der Waals surface area contributed by atoms with Crippen LogP contribution < -0.4 is 5.32 Å². The Kier molecular flexibility index (Phi) is 2.60. The van der Waals surface area contributed by atoms with Crippen LogP contribution in [0.3, 0.4) is 0 Å². The number of sulfone groups is 1. The maximum absolute atomic E-state index is 11.9. The van der Waals surface area contributed by atoms with Gasteiger partial charge in [-0.2, -0.15) is 0 Å². The van der Waals surface area contributed by atoms with Crippen molar-refractivity contribution in [3.05, 3.63) is 0 Å². The van der Waals surface area contributed by atoms with Crippen molar-refractivity contribution in [3.8, 4) is 0 Å². The molecule has 1 aliphatic carbocycles. The van der Waals surface area contributed by atoms with E-state index in [1.807, 2.05) is 0 Å². The number of nitrogens with one attached hydrogen (secondary N) is 1. The van der Waals surface area contributed by atoms with E-state index in [1.54, 1.807) is 0 Å². The van der Waals surface area contributed by atoms with Gasteiger partial charge in [-0.1, -0.05) is 6.42 Å². The first-order valence-electron chi connectivity index (χ1n) is 5.14. The van der Waals surface area contributed by atoms with Crippen molar-refractivity contribution in [2.75, 3.05) is 13.1 Å². The molecule has 76 valence electrons. The summed E-state index contributed by atoms with van der Waals surface area (Å²) in [5, 5.41) is 3.12. The first-order valence-corrected chi connectivity index (χ1v) is 6.75. The zero-order valence-corrected chi connectivity index (χ0v) is 8.65. The fraction of sp³-hybridized carbons (Fsp3) is 1.00. The molecule has 0 amide bonds. The van der Waals surface area contributed by atoms with E-state index in [2.05, 4.69) is 5.32 Å². The molecule has 0 aromatic heterocycles. The number of hydrogen-bond acceptors (Lipinski definition) is 3. The molecule has 4 heteroatoms. The Morgan fingerprint density at radius 2 is 1.77 bits per heavy atom. The lowest BCUT2D eigenvalue weighted by Crippen LogP contribution is -2.33. The Morgan fingerprint density at radius 1 is 1.00 bits per heavy atom. The van der Waals surface area contributed by atoms with Gasteiger partial charge in [-0.3, -0.25) is 0 Å². The van der Waals surface area contributed by atoms with Gasteiger partial charge in [-0.05, 0) is 32.2 Å². The van der Waals surface area contributed by atoms with Crippen LogP contribution >= 0.6 is 0 Å². The van der Waals surface area contributed by atoms with Crippen LogP contribution in [0.1, 0.15) is 32.1 Å². The highest BCUT2D eigenvalue weighted by Gasteiger charge is 2.40. The van der Waals surface area contributed by atoms with Gasteiger partial charge >= 0.3 is 0 Å². The van der Waals surface area contributed by atoms with Crippen molar-refractivity contribution in [3.63, 3.8) is 0 Å². The van der Waals surface area contributed by atoms with E-state index in [1.165, 1.54) is 0 Å². The summed E-state index contributed by atoms with van der Waals surface area (Å²) < 4.78 is 23.7. The zero-order chi connectivity index (χ0) is 9.31. The Morgan fingerprint density at radius 3 is 2.46 bits per heavy atom. The standard InChI is InChI=1S/C9H17NO2S/c11-13(12,8-4-5-8)9-3-1-2-6-10-7-9/h8-10H,1-7H2. The molecule has 13 heavy (non-hydrogen) atoms. The Balaban J connectivity index is 2.04. The molecule has 1 unspecified atom stereocenters. The first kappa shape index (κ1) is 9.46. The third-order valence-electron chi connectivity index (χ3n) is 2.96. The summed E-state index contributed by atoms with van der Waals surface area (Å²) in [6.07, 6.45) is 4.85. The molecule has 0 bridgehead atoms. The van der Waals surface area contributed by atoms with Crippen molar-refractivity contribution < 1.29 is 8.42 Å². The van der Waals surface area contributed by atoms with Crippen molar-refractivity contribution in [2.24, 2.45) is 0 Å². The minimum atomic E-state index is -2.77. The van der Waals surface area contributed by atoms with Gasteiger partial charge in [0.2, 0.25) is 0 Å². The van der Waals surface area contributed by atoms with Gasteiger partial charge in [0, 0.05) is 6.54 Å². The molecule has 1 saturated heterocycles. The smallest absolute Gasteiger partial charge is 0.157 e. The molecule has 2 fully saturated rings. The molecule has 0 aromatic carbocycles. The summed E-state index contributed by atoms with van der Waals surface area (Å²) in [5.41, 5.74) is 0. The van der Waals surface area contributed by atoms with E-state index in [0.29, 0.717) is 6.54 Å². The minimum Gasteiger partial charge on any atom is -0.315 e.